The van der Waals surface area contributed by atoms with Crippen LogP contribution in [0.2, 0.25) is 0 Å². The van der Waals surface area contributed by atoms with Crippen molar-refractivity contribution < 1.29 is 4.42 Å². The van der Waals surface area contributed by atoms with Gasteiger partial charge in [0.25, 0.3) is 0 Å². The Morgan fingerprint density at radius 3 is 2.00 bits per heavy atom. The third kappa shape index (κ3) is 3.00. The van der Waals surface area contributed by atoms with Gasteiger partial charge in [0.1, 0.15) is 11.2 Å². The van der Waals surface area contributed by atoms with Crippen LogP contribution in [0.15, 0.2) is 137 Å². The fourth-order valence-electron chi connectivity index (χ4n) is 6.44. The molecule has 41 heavy (non-hydrogen) atoms. The zero-order chi connectivity index (χ0) is 27.1. The smallest absolute Gasteiger partial charge is 0.200 e. The fourth-order valence-corrected chi connectivity index (χ4v) is 6.44. The SMILES string of the molecule is O=c1c2ccccc2oc2cc(-n3c4ccccc4c4ccc5c6cnccc6n(-c6ccccc6)c5c43)ccc12. The minimum atomic E-state index is -0.0188. The molecule has 0 atom stereocenters. The Labute approximate surface area is 233 Å². The van der Waals surface area contributed by atoms with Gasteiger partial charge in [-0.05, 0) is 48.5 Å². The van der Waals surface area contributed by atoms with Crippen LogP contribution in [0.3, 0.4) is 0 Å². The second-order valence-electron chi connectivity index (χ2n) is 10.4. The maximum atomic E-state index is 13.3. The van der Waals surface area contributed by atoms with Crippen molar-refractivity contribution in [2.45, 2.75) is 0 Å². The Balaban J connectivity index is 1.49. The Morgan fingerprint density at radius 1 is 0.512 bits per heavy atom. The van der Waals surface area contributed by atoms with E-state index in [1.54, 1.807) is 0 Å². The molecule has 192 valence electrons. The van der Waals surface area contributed by atoms with E-state index < -0.39 is 0 Å². The monoisotopic (exact) mass is 527 g/mol. The average Bonchev–Trinajstić information content (AvgIpc) is 3.54. The molecule has 5 aromatic carbocycles. The lowest BCUT2D eigenvalue weighted by molar-refractivity contribution is 0.659. The number of benzene rings is 5. The molecule has 0 saturated heterocycles. The lowest BCUT2D eigenvalue weighted by atomic mass is 10.1. The predicted octanol–water partition coefficient (Wildman–Crippen LogP) is 8.54. The van der Waals surface area contributed by atoms with Crippen LogP contribution < -0.4 is 5.43 Å². The van der Waals surface area contributed by atoms with E-state index in [0.29, 0.717) is 21.9 Å². The van der Waals surface area contributed by atoms with Crippen LogP contribution in [-0.2, 0) is 0 Å². The number of aromatic nitrogens is 3. The molecule has 0 N–H and O–H groups in total. The van der Waals surface area contributed by atoms with Gasteiger partial charge in [0.05, 0.1) is 38.5 Å². The molecule has 9 aromatic rings. The average molecular weight is 528 g/mol. The van der Waals surface area contributed by atoms with Crippen LogP contribution in [0.1, 0.15) is 0 Å². The lowest BCUT2D eigenvalue weighted by Crippen LogP contribution is -2.03. The van der Waals surface area contributed by atoms with Gasteiger partial charge in [-0.2, -0.15) is 0 Å². The molecule has 0 unspecified atom stereocenters. The summed E-state index contributed by atoms with van der Waals surface area (Å²) in [6.07, 6.45) is 3.80. The number of hydrogen-bond donors (Lipinski definition) is 0. The quantitative estimate of drug-likeness (QED) is 0.212. The van der Waals surface area contributed by atoms with Crippen molar-refractivity contribution >= 4 is 65.6 Å². The molecule has 0 saturated carbocycles. The highest BCUT2D eigenvalue weighted by Gasteiger charge is 2.21. The highest BCUT2D eigenvalue weighted by molar-refractivity contribution is 6.23. The van der Waals surface area contributed by atoms with Gasteiger partial charge in [0, 0.05) is 45.7 Å². The zero-order valence-corrected chi connectivity index (χ0v) is 21.8. The van der Waals surface area contributed by atoms with E-state index in [1.807, 2.05) is 60.9 Å². The standard InChI is InChI=1S/C36H21N3O2/c40-36-27-11-5-7-13-32(27)41-33-20-23(14-15-28(33)36)39-30-12-6-4-10-24(30)25-16-17-26-29-21-37-19-18-31(29)38(35(26)34(25)39)22-8-2-1-3-9-22/h1-21H. The van der Waals surface area contributed by atoms with Gasteiger partial charge in [-0.25, -0.2) is 0 Å². The summed E-state index contributed by atoms with van der Waals surface area (Å²) in [7, 11) is 0. The number of hydrogen-bond acceptors (Lipinski definition) is 3. The van der Waals surface area contributed by atoms with Crippen molar-refractivity contribution in [1.82, 2.24) is 14.1 Å². The summed E-state index contributed by atoms with van der Waals surface area (Å²) in [5.74, 6) is 0. The number of pyridine rings is 1. The fraction of sp³-hybridized carbons (Fsp3) is 0. The highest BCUT2D eigenvalue weighted by Crippen LogP contribution is 2.41. The maximum absolute atomic E-state index is 13.3. The van der Waals surface area contributed by atoms with Crippen LogP contribution in [0.5, 0.6) is 0 Å². The first-order chi connectivity index (χ1) is 20.3. The first-order valence-corrected chi connectivity index (χ1v) is 13.6. The van der Waals surface area contributed by atoms with Gasteiger partial charge in [-0.15, -0.1) is 0 Å². The maximum Gasteiger partial charge on any atom is 0.200 e. The number of rotatable bonds is 2. The molecule has 0 aliphatic carbocycles. The van der Waals surface area contributed by atoms with Gasteiger partial charge < -0.3 is 13.6 Å². The van der Waals surface area contributed by atoms with E-state index in [2.05, 4.69) is 80.8 Å². The van der Waals surface area contributed by atoms with Crippen molar-refractivity contribution in [2.24, 2.45) is 0 Å². The molecule has 5 heteroatoms. The summed E-state index contributed by atoms with van der Waals surface area (Å²) < 4.78 is 10.9. The van der Waals surface area contributed by atoms with Crippen molar-refractivity contribution in [3.05, 3.63) is 138 Å². The molecule has 0 amide bonds. The summed E-state index contributed by atoms with van der Waals surface area (Å²) in [5, 5.41) is 5.71. The molecule has 0 spiro atoms. The van der Waals surface area contributed by atoms with Crippen molar-refractivity contribution in [1.29, 1.82) is 0 Å². The molecular weight excluding hydrogens is 506 g/mol. The van der Waals surface area contributed by atoms with Crippen LogP contribution in [-0.4, -0.2) is 14.1 Å². The molecule has 0 aliphatic heterocycles. The minimum absolute atomic E-state index is 0.0188. The Hall–Kier alpha value is -5.68. The summed E-state index contributed by atoms with van der Waals surface area (Å²) in [6.45, 7) is 0. The van der Waals surface area contributed by atoms with Crippen LogP contribution in [0, 0.1) is 0 Å². The van der Waals surface area contributed by atoms with E-state index in [0.717, 1.165) is 55.0 Å². The predicted molar refractivity (Wildman–Crippen MR) is 166 cm³/mol. The zero-order valence-electron chi connectivity index (χ0n) is 21.8. The largest absolute Gasteiger partial charge is 0.456 e. The Bertz CT molecular complexity index is 2550. The lowest BCUT2D eigenvalue weighted by Gasteiger charge is -2.13. The van der Waals surface area contributed by atoms with E-state index in [-0.39, 0.29) is 5.43 Å². The van der Waals surface area contributed by atoms with E-state index in [4.69, 9.17) is 4.42 Å². The van der Waals surface area contributed by atoms with Gasteiger partial charge in [0.15, 0.2) is 0 Å². The van der Waals surface area contributed by atoms with Crippen LogP contribution in [0.25, 0.3) is 76.9 Å². The molecule has 5 nitrogen and oxygen atoms in total. The number of para-hydroxylation sites is 3. The summed E-state index contributed by atoms with van der Waals surface area (Å²) in [4.78, 5) is 17.8. The van der Waals surface area contributed by atoms with Gasteiger partial charge in [0.2, 0.25) is 5.43 Å². The van der Waals surface area contributed by atoms with Crippen LogP contribution >= 0.6 is 0 Å². The second-order valence-corrected chi connectivity index (χ2v) is 10.4. The van der Waals surface area contributed by atoms with Crippen LogP contribution in [0.4, 0.5) is 0 Å². The summed E-state index contributed by atoms with van der Waals surface area (Å²) >= 11 is 0. The molecule has 0 aliphatic rings. The Morgan fingerprint density at radius 2 is 1.15 bits per heavy atom. The molecule has 4 aromatic heterocycles. The molecule has 0 fully saturated rings. The van der Waals surface area contributed by atoms with Gasteiger partial charge >= 0.3 is 0 Å². The summed E-state index contributed by atoms with van der Waals surface area (Å²) in [6, 6.07) is 38.8. The first-order valence-electron chi connectivity index (χ1n) is 13.6. The molecule has 0 radical (unpaired) electrons. The van der Waals surface area contributed by atoms with E-state index in [9.17, 15) is 4.79 Å². The highest BCUT2D eigenvalue weighted by atomic mass is 16.3. The number of nitrogens with zero attached hydrogens (tertiary/aromatic N) is 3. The third-order valence-electron chi connectivity index (χ3n) is 8.20. The first kappa shape index (κ1) is 22.2. The van der Waals surface area contributed by atoms with Gasteiger partial charge in [-0.3, -0.25) is 9.78 Å². The third-order valence-corrected chi connectivity index (χ3v) is 8.20. The number of fused-ring (bicyclic) bond motifs is 9. The molecule has 9 rings (SSSR count). The van der Waals surface area contributed by atoms with Crippen molar-refractivity contribution in [2.75, 3.05) is 0 Å². The minimum Gasteiger partial charge on any atom is -0.456 e. The summed E-state index contributed by atoms with van der Waals surface area (Å²) in [5.41, 5.74) is 7.52. The van der Waals surface area contributed by atoms with Crippen molar-refractivity contribution in [3.8, 4) is 11.4 Å². The van der Waals surface area contributed by atoms with E-state index in [1.165, 1.54) is 0 Å². The topological polar surface area (TPSA) is 53.0 Å². The molecule has 4 heterocycles. The Kier molecular flexibility index (Phi) is 4.41. The molecule has 0 bridgehead atoms. The second kappa shape index (κ2) is 8.16. The normalized spacial score (nSPS) is 12.0. The van der Waals surface area contributed by atoms with Crippen molar-refractivity contribution in [3.63, 3.8) is 0 Å². The van der Waals surface area contributed by atoms with Gasteiger partial charge in [-0.1, -0.05) is 60.7 Å². The van der Waals surface area contributed by atoms with E-state index >= 15 is 0 Å². The molecular formula is C36H21N3O2.